The molecule has 0 radical (unpaired) electrons. The number of halogens is 3. The topological polar surface area (TPSA) is 80.4 Å². The minimum atomic E-state index is -0.641. The molecule has 1 aromatic heterocycles. The quantitative estimate of drug-likeness (QED) is 0.357. The van der Waals surface area contributed by atoms with Crippen molar-refractivity contribution in [1.29, 1.82) is 0 Å². The Morgan fingerprint density at radius 1 is 1.26 bits per heavy atom. The van der Waals surface area contributed by atoms with Crippen LogP contribution in [0.25, 0.3) is 0 Å². The summed E-state index contributed by atoms with van der Waals surface area (Å²) < 4.78 is 0. The summed E-state index contributed by atoms with van der Waals surface area (Å²) in [5.41, 5.74) is 8.65. The van der Waals surface area contributed by atoms with Crippen LogP contribution in [0.5, 0.6) is 0 Å². The first-order valence-corrected chi connectivity index (χ1v) is 8.57. The number of thioether (sulfide) groups is 1. The number of amides is 1. The molecule has 1 aromatic carbocycles. The normalized spacial score (nSPS) is 11.0. The first-order valence-electron chi connectivity index (χ1n) is 6.21. The fraction of sp³-hybridized carbons (Fsp3) is 0.0714. The third kappa shape index (κ3) is 4.29. The number of hydrogen-bond acceptors (Lipinski definition) is 5. The Balaban J connectivity index is 2.11. The number of anilines is 1. The number of nitrogen functional groups attached to an aromatic ring is 1. The van der Waals surface area contributed by atoms with Gasteiger partial charge in [0.25, 0.3) is 5.91 Å². The molecule has 0 aliphatic heterocycles. The SMILES string of the molecule is CSc1ccc(C=NNC(=O)c2nc(Cl)c(Cl)c(N)c2Cl)cc1. The Labute approximate surface area is 152 Å². The van der Waals surface area contributed by atoms with Crippen molar-refractivity contribution in [3.05, 3.63) is 50.7 Å². The maximum atomic E-state index is 12.0. The number of carbonyl (C=O) groups is 1. The standard InChI is InChI=1S/C14H11Cl3N4OS/c1-23-8-4-2-7(3-5-8)6-19-21-14(22)12-9(15)11(18)10(16)13(17)20-12/h2-6H,1H3,(H2,18,20)(H,21,22). The van der Waals surface area contributed by atoms with Crippen molar-refractivity contribution in [3.8, 4) is 0 Å². The molecule has 1 amide bonds. The van der Waals surface area contributed by atoms with E-state index in [0.29, 0.717) is 0 Å². The van der Waals surface area contributed by atoms with Crippen LogP contribution in [0.15, 0.2) is 34.3 Å². The molecule has 9 heteroatoms. The molecule has 0 spiro atoms. The van der Waals surface area contributed by atoms with Gasteiger partial charge in [0.05, 0.1) is 16.9 Å². The minimum absolute atomic E-state index is 0.00452. The summed E-state index contributed by atoms with van der Waals surface area (Å²) in [7, 11) is 0. The number of rotatable bonds is 4. The van der Waals surface area contributed by atoms with Crippen LogP contribution in [0.4, 0.5) is 5.69 Å². The predicted octanol–water partition coefficient (Wildman–Crippen LogP) is 4.11. The minimum Gasteiger partial charge on any atom is -0.396 e. The van der Waals surface area contributed by atoms with Crippen LogP contribution in [-0.4, -0.2) is 23.4 Å². The number of hydrazone groups is 1. The summed E-state index contributed by atoms with van der Waals surface area (Å²) in [6.07, 6.45) is 3.49. The van der Waals surface area contributed by atoms with Crippen molar-refractivity contribution in [2.45, 2.75) is 4.90 Å². The van der Waals surface area contributed by atoms with Crippen molar-refractivity contribution in [1.82, 2.24) is 10.4 Å². The van der Waals surface area contributed by atoms with Gasteiger partial charge in [0.1, 0.15) is 5.02 Å². The molecule has 3 N–H and O–H groups in total. The van der Waals surface area contributed by atoms with Crippen LogP contribution < -0.4 is 11.2 Å². The van der Waals surface area contributed by atoms with E-state index in [1.807, 2.05) is 30.5 Å². The summed E-state index contributed by atoms with van der Waals surface area (Å²) >= 11 is 19.2. The van der Waals surface area contributed by atoms with E-state index in [1.54, 1.807) is 11.8 Å². The number of benzene rings is 1. The van der Waals surface area contributed by atoms with E-state index in [9.17, 15) is 4.79 Å². The van der Waals surface area contributed by atoms with Crippen LogP contribution in [0, 0.1) is 0 Å². The molecule has 1 heterocycles. The van der Waals surface area contributed by atoms with E-state index in [1.165, 1.54) is 6.21 Å². The largest absolute Gasteiger partial charge is 0.396 e. The van der Waals surface area contributed by atoms with Crippen molar-refractivity contribution in [2.24, 2.45) is 5.10 Å². The Morgan fingerprint density at radius 3 is 2.52 bits per heavy atom. The number of aromatic nitrogens is 1. The van der Waals surface area contributed by atoms with Crippen LogP contribution >= 0.6 is 46.6 Å². The molecular formula is C14H11Cl3N4OS. The van der Waals surface area contributed by atoms with Gasteiger partial charge in [-0.3, -0.25) is 4.79 Å². The van der Waals surface area contributed by atoms with E-state index in [-0.39, 0.29) is 26.6 Å². The summed E-state index contributed by atoms with van der Waals surface area (Å²) in [4.78, 5) is 17.0. The zero-order chi connectivity index (χ0) is 17.0. The van der Waals surface area contributed by atoms with Crippen molar-refractivity contribution in [2.75, 3.05) is 12.0 Å². The molecule has 0 fully saturated rings. The molecule has 0 aliphatic rings. The van der Waals surface area contributed by atoms with Crippen LogP contribution in [-0.2, 0) is 0 Å². The van der Waals surface area contributed by atoms with Crippen LogP contribution in [0.3, 0.4) is 0 Å². The van der Waals surface area contributed by atoms with E-state index < -0.39 is 5.91 Å². The first kappa shape index (κ1) is 17.9. The van der Waals surface area contributed by atoms with Gasteiger partial charge in [0.15, 0.2) is 10.8 Å². The third-order valence-corrected chi connectivity index (χ3v) is 4.66. The van der Waals surface area contributed by atoms with E-state index >= 15 is 0 Å². The van der Waals surface area contributed by atoms with Gasteiger partial charge < -0.3 is 5.73 Å². The van der Waals surface area contributed by atoms with Crippen LogP contribution in [0.1, 0.15) is 16.1 Å². The second-order valence-electron chi connectivity index (χ2n) is 4.27. The number of nitrogens with two attached hydrogens (primary N) is 1. The average Bonchev–Trinajstić information content (AvgIpc) is 2.56. The second kappa shape index (κ2) is 7.88. The molecule has 0 saturated carbocycles. The van der Waals surface area contributed by atoms with Crippen molar-refractivity contribution >= 4 is 64.4 Å². The van der Waals surface area contributed by atoms with E-state index in [4.69, 9.17) is 40.5 Å². The lowest BCUT2D eigenvalue weighted by molar-refractivity contribution is 0.0950. The fourth-order valence-electron chi connectivity index (χ4n) is 1.59. The van der Waals surface area contributed by atoms with Gasteiger partial charge in [-0.25, -0.2) is 10.4 Å². The van der Waals surface area contributed by atoms with Crippen LogP contribution in [0.2, 0.25) is 15.2 Å². The molecule has 23 heavy (non-hydrogen) atoms. The molecule has 0 bridgehead atoms. The zero-order valence-corrected chi connectivity index (χ0v) is 14.9. The number of nitrogens with zero attached hydrogens (tertiary/aromatic N) is 2. The highest BCUT2D eigenvalue weighted by atomic mass is 35.5. The number of hydrogen-bond donors (Lipinski definition) is 2. The average molecular weight is 390 g/mol. The highest BCUT2D eigenvalue weighted by molar-refractivity contribution is 7.98. The highest BCUT2D eigenvalue weighted by Crippen LogP contribution is 2.34. The van der Waals surface area contributed by atoms with Crippen molar-refractivity contribution < 1.29 is 4.79 Å². The van der Waals surface area contributed by atoms with Gasteiger partial charge in [0.2, 0.25) is 0 Å². The van der Waals surface area contributed by atoms with Gasteiger partial charge in [0, 0.05) is 4.90 Å². The monoisotopic (exact) mass is 388 g/mol. The maximum Gasteiger partial charge on any atom is 0.291 e. The fourth-order valence-corrected chi connectivity index (χ4v) is 2.59. The van der Waals surface area contributed by atoms with Gasteiger partial charge in [-0.05, 0) is 24.0 Å². The molecule has 0 saturated heterocycles. The molecular weight excluding hydrogens is 379 g/mol. The predicted molar refractivity (Wildman–Crippen MR) is 97.0 cm³/mol. The summed E-state index contributed by atoms with van der Waals surface area (Å²) in [5.74, 6) is -0.641. The Hall–Kier alpha value is -1.47. The van der Waals surface area contributed by atoms with Gasteiger partial charge in [-0.2, -0.15) is 5.10 Å². The molecule has 0 aliphatic carbocycles. The third-order valence-electron chi connectivity index (χ3n) is 2.78. The molecule has 5 nitrogen and oxygen atoms in total. The molecule has 2 aromatic rings. The molecule has 120 valence electrons. The smallest absolute Gasteiger partial charge is 0.291 e. The molecule has 0 unspecified atom stereocenters. The van der Waals surface area contributed by atoms with Gasteiger partial charge in [-0.15, -0.1) is 11.8 Å². The molecule has 0 atom stereocenters. The lowest BCUT2D eigenvalue weighted by Gasteiger charge is -2.07. The maximum absolute atomic E-state index is 12.0. The number of pyridine rings is 1. The Morgan fingerprint density at radius 2 is 1.91 bits per heavy atom. The lowest BCUT2D eigenvalue weighted by Crippen LogP contribution is -2.20. The Bertz CT molecular complexity index is 766. The number of nitrogens with one attached hydrogen (secondary N) is 1. The summed E-state index contributed by atoms with van der Waals surface area (Å²) in [5, 5.41) is 3.68. The van der Waals surface area contributed by atoms with Gasteiger partial charge in [-0.1, -0.05) is 46.9 Å². The number of carbonyl (C=O) groups excluding carboxylic acids is 1. The second-order valence-corrected chi connectivity index (χ2v) is 6.26. The van der Waals surface area contributed by atoms with Crippen molar-refractivity contribution in [3.63, 3.8) is 0 Å². The highest BCUT2D eigenvalue weighted by Gasteiger charge is 2.19. The Kier molecular flexibility index (Phi) is 6.12. The summed E-state index contributed by atoms with van der Waals surface area (Å²) in [6, 6.07) is 7.66. The lowest BCUT2D eigenvalue weighted by atomic mass is 10.2. The van der Waals surface area contributed by atoms with E-state index in [2.05, 4.69) is 15.5 Å². The zero-order valence-electron chi connectivity index (χ0n) is 11.8. The van der Waals surface area contributed by atoms with E-state index in [0.717, 1.165) is 10.5 Å². The first-order chi connectivity index (χ1) is 10.9. The van der Waals surface area contributed by atoms with Gasteiger partial charge >= 0.3 is 0 Å². The molecule has 2 rings (SSSR count). The summed E-state index contributed by atoms with van der Waals surface area (Å²) in [6.45, 7) is 0.